The minimum absolute atomic E-state index is 0.00341. The van der Waals surface area contributed by atoms with Crippen LogP contribution in [0.1, 0.15) is 51.5 Å². The summed E-state index contributed by atoms with van der Waals surface area (Å²) in [4.78, 5) is 19.9. The number of hydrogen-bond donors (Lipinski definition) is 1. The van der Waals surface area contributed by atoms with Gasteiger partial charge in [-0.3, -0.25) is 9.69 Å². The van der Waals surface area contributed by atoms with Crippen LogP contribution in [0.25, 0.3) is 11.4 Å². The van der Waals surface area contributed by atoms with Crippen LogP contribution in [-0.4, -0.2) is 40.1 Å². The van der Waals surface area contributed by atoms with Gasteiger partial charge in [0.15, 0.2) is 0 Å². The number of nitrogens with zero attached hydrogens (tertiary/aromatic N) is 3. The molecule has 2 heterocycles. The number of carbonyl (C=O) groups is 1. The van der Waals surface area contributed by atoms with Crippen molar-refractivity contribution in [2.75, 3.05) is 13.1 Å². The van der Waals surface area contributed by atoms with Crippen molar-refractivity contribution in [3.8, 4) is 11.4 Å². The van der Waals surface area contributed by atoms with Gasteiger partial charge in [0.2, 0.25) is 17.6 Å². The predicted molar refractivity (Wildman–Crippen MR) is 137 cm³/mol. The van der Waals surface area contributed by atoms with E-state index in [-0.39, 0.29) is 23.3 Å². The minimum Gasteiger partial charge on any atom is -0.353 e. The number of carbonyl (C=O) groups excluding carboxylic acids is 1. The zero-order valence-electron chi connectivity index (χ0n) is 20.1. The molecule has 1 amide bonds. The van der Waals surface area contributed by atoms with Gasteiger partial charge in [-0.15, -0.1) is 0 Å². The first kappa shape index (κ1) is 24.6. The molecule has 7 heteroatoms. The summed E-state index contributed by atoms with van der Waals surface area (Å²) >= 11 is 3.48. The highest BCUT2D eigenvalue weighted by Gasteiger charge is 2.29. The number of piperidine rings is 1. The molecule has 2 aromatic carbocycles. The molecule has 4 rings (SSSR count). The van der Waals surface area contributed by atoms with E-state index in [1.165, 1.54) is 5.56 Å². The molecule has 180 valence electrons. The Morgan fingerprint density at radius 2 is 2.03 bits per heavy atom. The standard InChI is InChI=1S/C27H33BrN4O2/c1-19(16-27(2,3)22-11-5-4-6-12-22)29-26(33)21-10-8-14-32(17-21)18-24-30-25(31-34-24)20-9-7-13-23(28)15-20/h4-7,9,11-13,15,19,21H,8,10,14,16-18H2,1-3H3,(H,29,33). The number of amides is 1. The second-order valence-electron chi connectivity index (χ2n) is 9.96. The summed E-state index contributed by atoms with van der Waals surface area (Å²) in [6, 6.07) is 18.4. The molecule has 6 nitrogen and oxygen atoms in total. The smallest absolute Gasteiger partial charge is 0.241 e. The molecule has 0 bridgehead atoms. The number of nitrogens with one attached hydrogen (secondary N) is 1. The van der Waals surface area contributed by atoms with Gasteiger partial charge in [0.05, 0.1) is 12.5 Å². The van der Waals surface area contributed by atoms with Gasteiger partial charge in [0.25, 0.3) is 0 Å². The first-order chi connectivity index (χ1) is 16.3. The second kappa shape index (κ2) is 10.8. The number of benzene rings is 2. The maximum absolute atomic E-state index is 13.1. The largest absolute Gasteiger partial charge is 0.353 e. The van der Waals surface area contributed by atoms with Crippen LogP contribution in [0, 0.1) is 5.92 Å². The van der Waals surface area contributed by atoms with Crippen LogP contribution in [-0.2, 0) is 16.8 Å². The average molecular weight is 525 g/mol. The van der Waals surface area contributed by atoms with Crippen molar-refractivity contribution in [1.82, 2.24) is 20.4 Å². The first-order valence-electron chi connectivity index (χ1n) is 12.0. The van der Waals surface area contributed by atoms with E-state index in [9.17, 15) is 4.79 Å². The lowest BCUT2D eigenvalue weighted by Crippen LogP contribution is -2.46. The van der Waals surface area contributed by atoms with Gasteiger partial charge < -0.3 is 9.84 Å². The van der Waals surface area contributed by atoms with E-state index in [4.69, 9.17) is 4.52 Å². The molecule has 3 aromatic rings. The summed E-state index contributed by atoms with van der Waals surface area (Å²) in [6.45, 7) is 8.76. The van der Waals surface area contributed by atoms with Gasteiger partial charge in [0, 0.05) is 22.6 Å². The Morgan fingerprint density at radius 3 is 2.79 bits per heavy atom. The Balaban J connectivity index is 1.31. The summed E-state index contributed by atoms with van der Waals surface area (Å²) in [5.41, 5.74) is 2.20. The van der Waals surface area contributed by atoms with Crippen molar-refractivity contribution in [2.24, 2.45) is 5.92 Å². The van der Waals surface area contributed by atoms with Gasteiger partial charge in [0.1, 0.15) is 0 Å². The van der Waals surface area contributed by atoms with Gasteiger partial charge in [-0.2, -0.15) is 4.98 Å². The highest BCUT2D eigenvalue weighted by molar-refractivity contribution is 9.10. The monoisotopic (exact) mass is 524 g/mol. The summed E-state index contributed by atoms with van der Waals surface area (Å²) in [7, 11) is 0. The number of likely N-dealkylation sites (tertiary alicyclic amines) is 1. The first-order valence-corrected chi connectivity index (χ1v) is 12.8. The summed E-state index contributed by atoms with van der Waals surface area (Å²) in [5.74, 6) is 1.27. The van der Waals surface area contributed by atoms with Crippen molar-refractivity contribution in [3.05, 3.63) is 70.5 Å². The molecule has 0 saturated carbocycles. The van der Waals surface area contributed by atoms with Gasteiger partial charge in [-0.1, -0.05) is 77.4 Å². The Bertz CT molecular complexity index is 1100. The van der Waals surface area contributed by atoms with Crippen molar-refractivity contribution in [2.45, 2.75) is 58.0 Å². The summed E-state index contributed by atoms with van der Waals surface area (Å²) in [5, 5.41) is 7.40. The maximum Gasteiger partial charge on any atom is 0.241 e. The predicted octanol–water partition coefficient (Wildman–Crippen LogP) is 5.58. The van der Waals surface area contributed by atoms with Crippen molar-refractivity contribution in [1.29, 1.82) is 0 Å². The highest BCUT2D eigenvalue weighted by Crippen LogP contribution is 2.28. The van der Waals surface area contributed by atoms with Crippen LogP contribution < -0.4 is 5.32 Å². The number of rotatable bonds is 8. The zero-order valence-corrected chi connectivity index (χ0v) is 21.7. The van der Waals surface area contributed by atoms with Gasteiger partial charge in [-0.25, -0.2) is 0 Å². The normalized spacial score (nSPS) is 17.9. The van der Waals surface area contributed by atoms with Crippen molar-refractivity contribution >= 4 is 21.8 Å². The van der Waals surface area contributed by atoms with E-state index in [0.717, 1.165) is 35.8 Å². The average Bonchev–Trinajstić information content (AvgIpc) is 3.28. The molecule has 2 atom stereocenters. The van der Waals surface area contributed by atoms with Crippen LogP contribution in [0.4, 0.5) is 0 Å². The number of halogens is 1. The molecule has 0 spiro atoms. The quantitative estimate of drug-likeness (QED) is 0.416. The molecule has 1 aliphatic heterocycles. The molecule has 34 heavy (non-hydrogen) atoms. The van der Waals surface area contributed by atoms with Crippen LogP contribution in [0.15, 0.2) is 63.6 Å². The van der Waals surface area contributed by atoms with E-state index < -0.39 is 0 Å². The van der Waals surface area contributed by atoms with Crippen molar-refractivity contribution in [3.63, 3.8) is 0 Å². The number of aromatic nitrogens is 2. The molecule has 1 fully saturated rings. The lowest BCUT2D eigenvalue weighted by Gasteiger charge is -2.33. The molecule has 1 saturated heterocycles. The third-order valence-corrected chi connectivity index (χ3v) is 7.04. The fraction of sp³-hybridized carbons (Fsp3) is 0.444. The molecular weight excluding hydrogens is 492 g/mol. The van der Waals surface area contributed by atoms with E-state index in [1.54, 1.807) is 0 Å². The topological polar surface area (TPSA) is 71.3 Å². The van der Waals surface area contributed by atoms with Crippen LogP contribution >= 0.6 is 15.9 Å². The Hall–Kier alpha value is -2.51. The molecule has 1 aromatic heterocycles. The second-order valence-corrected chi connectivity index (χ2v) is 10.9. The lowest BCUT2D eigenvalue weighted by molar-refractivity contribution is -0.127. The van der Waals surface area contributed by atoms with E-state index in [0.29, 0.717) is 24.8 Å². The van der Waals surface area contributed by atoms with Crippen molar-refractivity contribution < 1.29 is 9.32 Å². The third-order valence-electron chi connectivity index (χ3n) is 6.55. The van der Waals surface area contributed by atoms with Crippen LogP contribution in [0.2, 0.25) is 0 Å². The van der Waals surface area contributed by atoms with Crippen LogP contribution in [0.3, 0.4) is 0 Å². The molecule has 1 N–H and O–H groups in total. The van der Waals surface area contributed by atoms with Gasteiger partial charge in [-0.05, 0) is 55.8 Å². The summed E-state index contributed by atoms with van der Waals surface area (Å²) in [6.07, 6.45) is 2.78. The minimum atomic E-state index is -0.0245. The highest BCUT2D eigenvalue weighted by atomic mass is 79.9. The Labute approximate surface area is 210 Å². The molecule has 2 unspecified atom stereocenters. The third kappa shape index (κ3) is 6.33. The molecule has 1 aliphatic rings. The van der Waals surface area contributed by atoms with Gasteiger partial charge >= 0.3 is 0 Å². The maximum atomic E-state index is 13.1. The fourth-order valence-corrected chi connectivity index (χ4v) is 5.25. The number of hydrogen-bond acceptors (Lipinski definition) is 5. The van der Waals surface area contributed by atoms with E-state index in [1.807, 2.05) is 30.3 Å². The van der Waals surface area contributed by atoms with E-state index >= 15 is 0 Å². The zero-order chi connectivity index (χ0) is 24.1. The Kier molecular flexibility index (Phi) is 7.84. The summed E-state index contributed by atoms with van der Waals surface area (Å²) < 4.78 is 6.47. The van der Waals surface area contributed by atoms with E-state index in [2.05, 4.69) is 81.3 Å². The Morgan fingerprint density at radius 1 is 1.24 bits per heavy atom. The van der Waals surface area contributed by atoms with Crippen LogP contribution in [0.5, 0.6) is 0 Å². The lowest BCUT2D eigenvalue weighted by atomic mass is 9.79. The molecule has 0 aliphatic carbocycles. The molecule has 0 radical (unpaired) electrons. The fourth-order valence-electron chi connectivity index (χ4n) is 4.85. The molecular formula is C27H33BrN4O2. The SMILES string of the molecule is CC(CC(C)(C)c1ccccc1)NC(=O)C1CCCN(Cc2nc(-c3cccc(Br)c3)no2)C1.